The van der Waals surface area contributed by atoms with Gasteiger partial charge in [-0.15, -0.1) is 0 Å². The smallest absolute Gasteiger partial charge is 0.176 e. The Hall–Kier alpha value is -1.44. The molecule has 0 aliphatic heterocycles. The number of hydrogen-bond acceptors (Lipinski definition) is 6. The molecule has 3 rings (SSSR count). The van der Waals surface area contributed by atoms with Crippen molar-refractivity contribution in [2.45, 2.75) is 29.8 Å². The molecule has 3 aromatic heterocycles. The van der Waals surface area contributed by atoms with Gasteiger partial charge in [0, 0.05) is 12.7 Å². The van der Waals surface area contributed by atoms with E-state index in [1.807, 2.05) is 31.3 Å². The molecule has 7 heteroatoms. The van der Waals surface area contributed by atoms with Gasteiger partial charge in [0.2, 0.25) is 0 Å². The Labute approximate surface area is 125 Å². The Morgan fingerprint density at radius 1 is 1.35 bits per heavy atom. The van der Waals surface area contributed by atoms with Crippen LogP contribution in [0.15, 0.2) is 33.8 Å². The Morgan fingerprint density at radius 3 is 3.00 bits per heavy atom. The molecule has 0 fully saturated rings. The lowest BCUT2D eigenvalue weighted by Crippen LogP contribution is -2.13. The van der Waals surface area contributed by atoms with Gasteiger partial charge in [-0.25, -0.2) is 9.97 Å². The summed E-state index contributed by atoms with van der Waals surface area (Å²) in [7, 11) is 0. The number of aryl methyl sites for hydroxylation is 1. The predicted octanol–water partition coefficient (Wildman–Crippen LogP) is 2.75. The van der Waals surface area contributed by atoms with Crippen molar-refractivity contribution in [1.82, 2.24) is 24.1 Å². The van der Waals surface area contributed by atoms with Gasteiger partial charge in [0.1, 0.15) is 16.5 Å². The summed E-state index contributed by atoms with van der Waals surface area (Å²) in [5.41, 5.74) is 2.13. The van der Waals surface area contributed by atoms with E-state index in [2.05, 4.69) is 26.0 Å². The van der Waals surface area contributed by atoms with Gasteiger partial charge < -0.3 is 9.72 Å². The van der Waals surface area contributed by atoms with E-state index < -0.39 is 0 Å². The average Bonchev–Trinajstić information content (AvgIpc) is 3.00. The van der Waals surface area contributed by atoms with Crippen LogP contribution in [0.5, 0.6) is 0 Å². The quantitative estimate of drug-likeness (QED) is 0.785. The molecule has 0 aliphatic rings. The molecule has 5 nitrogen and oxygen atoms in total. The molecule has 0 saturated heterocycles. The highest BCUT2D eigenvalue weighted by Crippen LogP contribution is 2.31. The van der Waals surface area contributed by atoms with Gasteiger partial charge in [0.05, 0.1) is 5.69 Å². The van der Waals surface area contributed by atoms with Crippen LogP contribution in [0.25, 0.3) is 5.65 Å². The van der Waals surface area contributed by atoms with Crippen LogP contribution in [0.2, 0.25) is 0 Å². The van der Waals surface area contributed by atoms with Gasteiger partial charge in [-0.05, 0) is 48.9 Å². The Morgan fingerprint density at radius 2 is 2.25 bits per heavy atom. The number of nitrogens with zero attached hydrogens (tertiary/aromatic N) is 4. The number of imidazole rings is 1. The molecule has 0 spiro atoms. The maximum atomic E-state index is 4.69. The number of aromatic nitrogens is 4. The third kappa shape index (κ3) is 2.70. The van der Waals surface area contributed by atoms with Crippen LogP contribution in [0.1, 0.15) is 18.4 Å². The first kappa shape index (κ1) is 13.5. The summed E-state index contributed by atoms with van der Waals surface area (Å²) in [6.45, 7) is 5.73. The molecular formula is C13H15N5S2. The largest absolute Gasteiger partial charge is 0.311 e. The zero-order chi connectivity index (χ0) is 13.9. The van der Waals surface area contributed by atoms with E-state index in [-0.39, 0.29) is 0 Å². The van der Waals surface area contributed by atoms with Crippen molar-refractivity contribution in [3.05, 3.63) is 35.9 Å². The first-order valence-corrected chi connectivity index (χ1v) is 8.01. The second kappa shape index (κ2) is 5.90. The number of fused-ring (bicyclic) bond motifs is 1. The van der Waals surface area contributed by atoms with Crippen LogP contribution in [-0.4, -0.2) is 25.3 Å². The van der Waals surface area contributed by atoms with E-state index in [4.69, 9.17) is 4.98 Å². The van der Waals surface area contributed by atoms with Gasteiger partial charge >= 0.3 is 0 Å². The molecule has 1 N–H and O–H groups in total. The highest BCUT2D eigenvalue weighted by molar-refractivity contribution is 8.00. The zero-order valence-corrected chi connectivity index (χ0v) is 13.0. The van der Waals surface area contributed by atoms with Crippen molar-refractivity contribution in [2.24, 2.45) is 0 Å². The van der Waals surface area contributed by atoms with Crippen LogP contribution >= 0.6 is 23.3 Å². The van der Waals surface area contributed by atoms with E-state index in [1.165, 1.54) is 17.2 Å². The van der Waals surface area contributed by atoms with Crippen LogP contribution in [0.3, 0.4) is 0 Å². The molecule has 0 atom stereocenters. The molecule has 0 radical (unpaired) electrons. The van der Waals surface area contributed by atoms with Crippen LogP contribution in [-0.2, 0) is 6.54 Å². The molecule has 0 saturated carbocycles. The van der Waals surface area contributed by atoms with Gasteiger partial charge in [-0.3, -0.25) is 0 Å². The monoisotopic (exact) mass is 305 g/mol. The van der Waals surface area contributed by atoms with E-state index in [1.54, 1.807) is 11.8 Å². The predicted molar refractivity (Wildman–Crippen MR) is 81.3 cm³/mol. The zero-order valence-electron chi connectivity index (χ0n) is 11.3. The lowest BCUT2D eigenvalue weighted by atomic mass is 10.4. The highest BCUT2D eigenvalue weighted by atomic mass is 32.2. The summed E-state index contributed by atoms with van der Waals surface area (Å²) < 4.78 is 7.28. The van der Waals surface area contributed by atoms with Crippen LogP contribution in [0.4, 0.5) is 0 Å². The lowest BCUT2D eigenvalue weighted by Gasteiger charge is -2.04. The fraction of sp³-hybridized carbons (Fsp3) is 0.308. The molecular weight excluding hydrogens is 290 g/mol. The van der Waals surface area contributed by atoms with E-state index in [9.17, 15) is 0 Å². The van der Waals surface area contributed by atoms with Crippen molar-refractivity contribution in [3.63, 3.8) is 0 Å². The maximum Gasteiger partial charge on any atom is 0.176 e. The molecule has 0 unspecified atom stereocenters. The maximum absolute atomic E-state index is 4.69. The van der Waals surface area contributed by atoms with Gasteiger partial charge in [-0.2, -0.15) is 4.37 Å². The van der Waals surface area contributed by atoms with Crippen LogP contribution < -0.4 is 5.32 Å². The Balaban J connectivity index is 1.99. The second-order valence-corrected chi connectivity index (χ2v) is 6.27. The van der Waals surface area contributed by atoms with Gasteiger partial charge in [-0.1, -0.05) is 13.0 Å². The van der Waals surface area contributed by atoms with Gasteiger partial charge in [0.15, 0.2) is 4.34 Å². The lowest BCUT2D eigenvalue weighted by molar-refractivity contribution is 0.694. The minimum absolute atomic E-state index is 0.793. The Bertz CT molecular complexity index is 718. The van der Waals surface area contributed by atoms with Crippen molar-refractivity contribution in [3.8, 4) is 0 Å². The molecule has 0 bridgehead atoms. The normalized spacial score (nSPS) is 11.3. The van der Waals surface area contributed by atoms with E-state index >= 15 is 0 Å². The van der Waals surface area contributed by atoms with Gasteiger partial charge in [0.25, 0.3) is 0 Å². The van der Waals surface area contributed by atoms with Crippen molar-refractivity contribution in [1.29, 1.82) is 0 Å². The second-order valence-electron chi connectivity index (χ2n) is 4.28. The molecule has 3 aromatic rings. The minimum Gasteiger partial charge on any atom is -0.311 e. The summed E-state index contributed by atoms with van der Waals surface area (Å²) in [6.07, 6.45) is 2.05. The SMILES string of the molecule is CCNCc1c(Sc2nc(C)ns2)nc2ccccn12. The van der Waals surface area contributed by atoms with Crippen molar-refractivity contribution < 1.29 is 0 Å². The summed E-state index contributed by atoms with van der Waals surface area (Å²) >= 11 is 3.00. The summed E-state index contributed by atoms with van der Waals surface area (Å²) in [6, 6.07) is 6.04. The average molecular weight is 305 g/mol. The number of nitrogens with one attached hydrogen (secondary N) is 1. The molecule has 0 aliphatic carbocycles. The third-order valence-corrected chi connectivity index (χ3v) is 4.69. The molecule has 3 heterocycles. The Kier molecular flexibility index (Phi) is 4.00. The first-order chi connectivity index (χ1) is 9.78. The number of pyridine rings is 1. The van der Waals surface area contributed by atoms with E-state index in [0.29, 0.717) is 0 Å². The fourth-order valence-electron chi connectivity index (χ4n) is 1.91. The summed E-state index contributed by atoms with van der Waals surface area (Å²) in [5, 5.41) is 4.36. The standard InChI is InChI=1S/C13H15N5S2/c1-3-14-8-10-12(19-13-15-9(2)17-20-13)16-11-6-4-5-7-18(10)11/h4-7,14H,3,8H2,1-2H3. The highest BCUT2D eigenvalue weighted by Gasteiger charge is 2.14. The first-order valence-electron chi connectivity index (χ1n) is 6.42. The molecule has 0 aromatic carbocycles. The van der Waals surface area contributed by atoms with Crippen molar-refractivity contribution >= 4 is 28.9 Å². The summed E-state index contributed by atoms with van der Waals surface area (Å²) in [4.78, 5) is 9.09. The topological polar surface area (TPSA) is 55.1 Å². The molecule has 20 heavy (non-hydrogen) atoms. The fourth-order valence-corrected chi connectivity index (χ4v) is 3.61. The van der Waals surface area contributed by atoms with Crippen molar-refractivity contribution in [2.75, 3.05) is 6.54 Å². The molecule has 0 amide bonds. The molecule has 104 valence electrons. The van der Waals surface area contributed by atoms with Crippen LogP contribution in [0, 0.1) is 6.92 Å². The number of rotatable bonds is 5. The minimum atomic E-state index is 0.793. The number of hydrogen-bond donors (Lipinski definition) is 1. The van der Waals surface area contributed by atoms with E-state index in [0.717, 1.165) is 33.9 Å². The third-order valence-electron chi connectivity index (χ3n) is 2.83. The summed E-state index contributed by atoms with van der Waals surface area (Å²) in [5.74, 6) is 0.814.